The molecule has 0 saturated heterocycles. The Labute approximate surface area is 104 Å². The number of ether oxygens (including phenoxy) is 1. The zero-order valence-corrected chi connectivity index (χ0v) is 9.76. The summed E-state index contributed by atoms with van der Waals surface area (Å²) in [7, 11) is 0. The summed E-state index contributed by atoms with van der Waals surface area (Å²) in [5, 5.41) is 17.8. The molecule has 1 aromatic carbocycles. The maximum absolute atomic E-state index is 11.2. The third-order valence-corrected chi connectivity index (χ3v) is 3.11. The van der Waals surface area contributed by atoms with Crippen LogP contribution in [0.3, 0.4) is 0 Å². The predicted octanol–water partition coefficient (Wildman–Crippen LogP) is 1.65. The lowest BCUT2D eigenvalue weighted by Gasteiger charge is -2.24. The van der Waals surface area contributed by atoms with Crippen LogP contribution in [0.5, 0.6) is 5.75 Å². The van der Waals surface area contributed by atoms with Crippen LogP contribution in [0.2, 0.25) is 0 Å². The van der Waals surface area contributed by atoms with E-state index >= 15 is 0 Å². The van der Waals surface area contributed by atoms with Crippen molar-refractivity contribution in [1.29, 1.82) is 0 Å². The molecule has 2 N–H and O–H groups in total. The quantitative estimate of drug-likeness (QED) is 0.848. The van der Waals surface area contributed by atoms with Crippen molar-refractivity contribution in [2.24, 2.45) is 0 Å². The highest BCUT2D eigenvalue weighted by Gasteiger charge is 2.27. The lowest BCUT2D eigenvalue weighted by atomic mass is 9.82. The fourth-order valence-electron chi connectivity index (χ4n) is 2.35. The first-order chi connectivity index (χ1) is 8.59. The summed E-state index contributed by atoms with van der Waals surface area (Å²) >= 11 is 0. The van der Waals surface area contributed by atoms with Crippen LogP contribution in [0, 0.1) is 0 Å². The molecular formula is C13H14O5. The smallest absolute Gasteiger partial charge is 0.341 e. The molecule has 5 heteroatoms. The van der Waals surface area contributed by atoms with Crippen LogP contribution in [-0.2, 0) is 16.0 Å². The Kier molecular flexibility index (Phi) is 3.50. The first-order valence-electron chi connectivity index (χ1n) is 5.78. The van der Waals surface area contributed by atoms with Crippen molar-refractivity contribution < 1.29 is 24.5 Å². The molecule has 1 aliphatic carbocycles. The molecular weight excluding hydrogens is 236 g/mol. The van der Waals surface area contributed by atoms with Crippen LogP contribution < -0.4 is 4.74 Å². The lowest BCUT2D eigenvalue weighted by molar-refractivity contribution is -0.140. The summed E-state index contributed by atoms with van der Waals surface area (Å²) in [6.07, 6.45) is 2.12. The molecule has 2 rings (SSSR count). The van der Waals surface area contributed by atoms with Gasteiger partial charge in [0.15, 0.2) is 6.61 Å². The van der Waals surface area contributed by atoms with Gasteiger partial charge >= 0.3 is 11.9 Å². The minimum Gasteiger partial charge on any atom is -0.482 e. The summed E-state index contributed by atoms with van der Waals surface area (Å²) in [6, 6.07) is 5.17. The average Bonchev–Trinajstić information content (AvgIpc) is 2.35. The molecule has 1 aromatic rings. The zero-order valence-electron chi connectivity index (χ0n) is 9.76. The van der Waals surface area contributed by atoms with E-state index in [-0.39, 0.29) is 0 Å². The normalized spacial score (nSPS) is 17.9. The van der Waals surface area contributed by atoms with Crippen molar-refractivity contribution in [2.45, 2.75) is 25.2 Å². The molecule has 0 amide bonds. The predicted molar refractivity (Wildman–Crippen MR) is 62.9 cm³/mol. The van der Waals surface area contributed by atoms with Gasteiger partial charge in [-0.15, -0.1) is 0 Å². The average molecular weight is 250 g/mol. The standard InChI is InChI=1S/C13H14O5/c14-12(15)7-18-11-6-2-3-8-9(11)4-1-5-10(8)13(16)17/h2-3,6,10H,1,4-5,7H2,(H,14,15)(H,16,17). The van der Waals surface area contributed by atoms with Crippen LogP contribution in [0.25, 0.3) is 0 Å². The van der Waals surface area contributed by atoms with E-state index in [1.807, 2.05) is 0 Å². The van der Waals surface area contributed by atoms with Gasteiger partial charge in [-0.3, -0.25) is 4.79 Å². The molecule has 1 atom stereocenters. The van der Waals surface area contributed by atoms with Gasteiger partial charge in [0.1, 0.15) is 5.75 Å². The Morgan fingerprint density at radius 3 is 2.78 bits per heavy atom. The SMILES string of the molecule is O=C(O)COc1cccc2c1CCCC2C(=O)O. The number of carboxylic acid groups (broad SMARTS) is 2. The van der Waals surface area contributed by atoms with Crippen LogP contribution in [0.4, 0.5) is 0 Å². The van der Waals surface area contributed by atoms with E-state index < -0.39 is 24.5 Å². The number of fused-ring (bicyclic) bond motifs is 1. The van der Waals surface area contributed by atoms with E-state index in [4.69, 9.17) is 14.9 Å². The molecule has 0 radical (unpaired) electrons. The van der Waals surface area contributed by atoms with E-state index in [0.29, 0.717) is 12.2 Å². The molecule has 96 valence electrons. The molecule has 0 saturated carbocycles. The number of benzene rings is 1. The van der Waals surface area contributed by atoms with Crippen molar-refractivity contribution in [3.63, 3.8) is 0 Å². The molecule has 18 heavy (non-hydrogen) atoms. The molecule has 0 aromatic heterocycles. The van der Waals surface area contributed by atoms with Crippen molar-refractivity contribution in [1.82, 2.24) is 0 Å². The first-order valence-corrected chi connectivity index (χ1v) is 5.78. The zero-order chi connectivity index (χ0) is 13.1. The van der Waals surface area contributed by atoms with E-state index in [1.165, 1.54) is 0 Å². The molecule has 1 unspecified atom stereocenters. The van der Waals surface area contributed by atoms with E-state index in [0.717, 1.165) is 24.0 Å². The monoisotopic (exact) mass is 250 g/mol. The molecule has 1 aliphatic rings. The topological polar surface area (TPSA) is 83.8 Å². The molecule has 5 nitrogen and oxygen atoms in total. The highest BCUT2D eigenvalue weighted by atomic mass is 16.5. The van der Waals surface area contributed by atoms with E-state index in [1.54, 1.807) is 18.2 Å². The van der Waals surface area contributed by atoms with Gasteiger partial charge in [-0.1, -0.05) is 12.1 Å². The van der Waals surface area contributed by atoms with Gasteiger partial charge in [0, 0.05) is 0 Å². The number of carbonyl (C=O) groups is 2. The number of hydrogen-bond donors (Lipinski definition) is 2. The summed E-state index contributed by atoms with van der Waals surface area (Å²) in [5.74, 6) is -1.91. The van der Waals surface area contributed by atoms with Crippen molar-refractivity contribution in [3.8, 4) is 5.75 Å². The third-order valence-electron chi connectivity index (χ3n) is 3.11. The maximum Gasteiger partial charge on any atom is 0.341 e. The molecule has 0 heterocycles. The van der Waals surface area contributed by atoms with Gasteiger partial charge in [-0.25, -0.2) is 4.79 Å². The Morgan fingerprint density at radius 2 is 2.11 bits per heavy atom. The fourth-order valence-corrected chi connectivity index (χ4v) is 2.35. The Bertz CT molecular complexity index is 480. The largest absolute Gasteiger partial charge is 0.482 e. The highest BCUT2D eigenvalue weighted by molar-refractivity contribution is 5.77. The van der Waals surface area contributed by atoms with Crippen LogP contribution in [-0.4, -0.2) is 28.8 Å². The van der Waals surface area contributed by atoms with Crippen LogP contribution in [0.1, 0.15) is 29.9 Å². The second kappa shape index (κ2) is 5.08. The van der Waals surface area contributed by atoms with Gasteiger partial charge in [0.05, 0.1) is 5.92 Å². The fraction of sp³-hybridized carbons (Fsp3) is 0.385. The van der Waals surface area contributed by atoms with Crippen molar-refractivity contribution in [2.75, 3.05) is 6.61 Å². The second-order valence-corrected chi connectivity index (χ2v) is 4.29. The molecule has 0 fully saturated rings. The van der Waals surface area contributed by atoms with Crippen LogP contribution in [0.15, 0.2) is 18.2 Å². The van der Waals surface area contributed by atoms with Crippen LogP contribution >= 0.6 is 0 Å². The summed E-state index contributed by atoms with van der Waals surface area (Å²) in [6.45, 7) is -0.409. The lowest BCUT2D eigenvalue weighted by Crippen LogP contribution is -2.19. The Balaban J connectivity index is 2.31. The van der Waals surface area contributed by atoms with Gasteiger partial charge < -0.3 is 14.9 Å². The molecule has 0 spiro atoms. The number of hydrogen-bond acceptors (Lipinski definition) is 3. The van der Waals surface area contributed by atoms with Gasteiger partial charge in [0.2, 0.25) is 0 Å². The summed E-state index contributed by atoms with van der Waals surface area (Å²) < 4.78 is 5.20. The third kappa shape index (κ3) is 2.45. The van der Waals surface area contributed by atoms with Crippen molar-refractivity contribution in [3.05, 3.63) is 29.3 Å². The maximum atomic E-state index is 11.2. The second-order valence-electron chi connectivity index (χ2n) is 4.29. The van der Waals surface area contributed by atoms with Gasteiger partial charge in [-0.2, -0.15) is 0 Å². The van der Waals surface area contributed by atoms with Gasteiger partial charge in [-0.05, 0) is 36.5 Å². The molecule has 0 bridgehead atoms. The van der Waals surface area contributed by atoms with E-state index in [2.05, 4.69) is 0 Å². The Hall–Kier alpha value is -2.04. The Morgan fingerprint density at radius 1 is 1.33 bits per heavy atom. The van der Waals surface area contributed by atoms with Crippen molar-refractivity contribution >= 4 is 11.9 Å². The van der Waals surface area contributed by atoms with E-state index in [9.17, 15) is 9.59 Å². The number of carboxylic acids is 2. The highest BCUT2D eigenvalue weighted by Crippen LogP contribution is 2.36. The van der Waals surface area contributed by atoms with Gasteiger partial charge in [0.25, 0.3) is 0 Å². The number of aliphatic carboxylic acids is 2. The minimum absolute atomic E-state index is 0.409. The summed E-state index contributed by atoms with van der Waals surface area (Å²) in [4.78, 5) is 21.7. The minimum atomic E-state index is -1.04. The summed E-state index contributed by atoms with van der Waals surface area (Å²) in [5.41, 5.74) is 1.58. The molecule has 0 aliphatic heterocycles. The number of rotatable bonds is 4. The first kappa shape index (κ1) is 12.4.